The number of rotatable bonds is 64. The van der Waals surface area contributed by atoms with Crippen LogP contribution in [0, 0.1) is 0 Å². The van der Waals surface area contributed by atoms with E-state index in [2.05, 4.69) is 92.1 Å². The first-order valence-electron chi connectivity index (χ1n) is 40.8. The van der Waals surface area contributed by atoms with Crippen LogP contribution in [0.5, 0.6) is 0 Å². The number of carbonyl (C=O) groups is 1. The van der Waals surface area contributed by atoms with E-state index in [1.165, 1.54) is 193 Å². The molecule has 3 aliphatic heterocycles. The molecule has 592 valence electrons. The number of ether oxygens (including phenoxy) is 6. The van der Waals surface area contributed by atoms with Crippen molar-refractivity contribution in [2.75, 3.05) is 26.4 Å². The van der Waals surface area contributed by atoms with Gasteiger partial charge in [-0.2, -0.15) is 0 Å². The molecule has 0 aliphatic carbocycles. The van der Waals surface area contributed by atoms with Gasteiger partial charge in [-0.05, 0) is 70.6 Å². The highest BCUT2D eigenvalue weighted by molar-refractivity contribution is 5.76. The van der Waals surface area contributed by atoms with Crippen molar-refractivity contribution in [3.8, 4) is 0 Å². The Labute approximate surface area is 616 Å². The number of amides is 1. The highest BCUT2D eigenvalue weighted by Crippen LogP contribution is 2.33. The molecule has 0 bridgehead atoms. The molecule has 17 unspecified atom stereocenters. The first kappa shape index (κ1) is 93.2. The van der Waals surface area contributed by atoms with Crippen LogP contribution in [-0.2, 0) is 33.2 Å². The summed E-state index contributed by atoms with van der Waals surface area (Å²) in [5.41, 5.74) is 0. The van der Waals surface area contributed by atoms with E-state index < -0.39 is 124 Å². The summed E-state index contributed by atoms with van der Waals surface area (Å²) in [6, 6.07) is -0.974. The standard InChI is InChI=1S/C83H147NO18/c1-3-5-7-9-11-13-15-17-19-21-22-23-24-25-26-27-28-29-30-31-32-33-34-35-36-37-38-39-40-41-42-43-44-45-47-49-51-53-55-57-59-61-71(89)84-66(67(88)60-58-56-54-52-50-48-46-20-18-16-14-12-10-8-6-4-2)65-97-81-77(95)74(92)79(69(63-86)99-81)102-83-78(96)75(93)80(70(64-87)100-83)101-82-76(94)73(91)72(90)68(62-85)98-82/h5,7,11,13,17,19,22-23,25-26,28-29,58,60,66-70,72-83,85-88,90-96H,3-4,6,8-10,12,14-16,18,20-21,24,27,30-57,59,61-65H2,1-2H3,(H,84,89)/b7-5-,13-11-,19-17-,23-22-,26-25-,29-28-,60-58+. The number of aliphatic hydroxyl groups is 11. The lowest BCUT2D eigenvalue weighted by atomic mass is 9.96. The Balaban J connectivity index is 1.29. The van der Waals surface area contributed by atoms with E-state index in [4.69, 9.17) is 28.4 Å². The van der Waals surface area contributed by atoms with Crippen LogP contribution in [0.1, 0.15) is 303 Å². The summed E-state index contributed by atoms with van der Waals surface area (Å²) < 4.78 is 34.4. The molecule has 0 spiro atoms. The highest BCUT2D eigenvalue weighted by atomic mass is 16.8. The lowest BCUT2D eigenvalue weighted by molar-refractivity contribution is -0.379. The zero-order valence-corrected chi connectivity index (χ0v) is 63.3. The second-order valence-electron chi connectivity index (χ2n) is 28.9. The minimum atomic E-state index is -1.98. The van der Waals surface area contributed by atoms with Crippen LogP contribution in [0.3, 0.4) is 0 Å². The maximum Gasteiger partial charge on any atom is 0.220 e. The molecule has 0 radical (unpaired) electrons. The van der Waals surface area contributed by atoms with Crippen LogP contribution < -0.4 is 5.32 Å². The van der Waals surface area contributed by atoms with Gasteiger partial charge in [0.25, 0.3) is 0 Å². The third-order valence-corrected chi connectivity index (χ3v) is 19.9. The van der Waals surface area contributed by atoms with Crippen molar-refractivity contribution in [2.45, 2.75) is 407 Å². The van der Waals surface area contributed by atoms with Crippen molar-refractivity contribution < 1.29 is 89.4 Å². The SMILES string of the molecule is CC/C=C\C/C=C\C/C=C\C/C=C\C/C=C\C/C=C\CCCCCCCCCCCCCCCCCCCCCCCCC(=O)NC(COC1OC(CO)C(OC2OC(CO)C(OC3OC(CO)C(O)C(O)C3O)C(O)C2O)C(O)C1O)C(O)/C=C/CCCCCCCCCCCCCCCC. The minimum absolute atomic E-state index is 0.244. The van der Waals surface area contributed by atoms with Crippen molar-refractivity contribution in [3.63, 3.8) is 0 Å². The van der Waals surface area contributed by atoms with Crippen molar-refractivity contribution in [1.29, 1.82) is 0 Å². The molecule has 0 aromatic rings. The Morgan fingerprint density at radius 2 is 0.676 bits per heavy atom. The number of hydrogen-bond donors (Lipinski definition) is 12. The molecule has 0 aromatic carbocycles. The van der Waals surface area contributed by atoms with Crippen LogP contribution >= 0.6 is 0 Å². The van der Waals surface area contributed by atoms with Gasteiger partial charge < -0.3 is 89.9 Å². The summed E-state index contributed by atoms with van der Waals surface area (Å²) in [4.78, 5) is 13.5. The molecule has 3 fully saturated rings. The van der Waals surface area contributed by atoms with Gasteiger partial charge in [-0.1, -0.05) is 311 Å². The first-order chi connectivity index (χ1) is 49.8. The van der Waals surface area contributed by atoms with Gasteiger partial charge in [0, 0.05) is 6.42 Å². The quantitative estimate of drug-likeness (QED) is 0.0199. The lowest BCUT2D eigenvalue weighted by Crippen LogP contribution is -2.66. The summed E-state index contributed by atoms with van der Waals surface area (Å²) in [5.74, 6) is -0.272. The predicted octanol–water partition coefficient (Wildman–Crippen LogP) is 13.8. The van der Waals surface area contributed by atoms with E-state index in [1.54, 1.807) is 6.08 Å². The maximum absolute atomic E-state index is 13.5. The highest BCUT2D eigenvalue weighted by Gasteiger charge is 2.54. The predicted molar refractivity (Wildman–Crippen MR) is 406 cm³/mol. The monoisotopic (exact) mass is 1450 g/mol. The number of nitrogens with one attached hydrogen (secondary N) is 1. The number of hydrogen-bond acceptors (Lipinski definition) is 18. The van der Waals surface area contributed by atoms with Crippen molar-refractivity contribution >= 4 is 5.91 Å². The van der Waals surface area contributed by atoms with Crippen LogP contribution in [0.15, 0.2) is 85.1 Å². The Morgan fingerprint density at radius 1 is 0.363 bits per heavy atom. The van der Waals surface area contributed by atoms with Gasteiger partial charge in [-0.3, -0.25) is 4.79 Å². The number of unbranched alkanes of at least 4 members (excludes halogenated alkanes) is 36. The van der Waals surface area contributed by atoms with Crippen LogP contribution in [0.2, 0.25) is 0 Å². The first-order valence-corrected chi connectivity index (χ1v) is 40.8. The van der Waals surface area contributed by atoms with Crippen molar-refractivity contribution in [2.24, 2.45) is 0 Å². The Bertz CT molecular complexity index is 2170. The van der Waals surface area contributed by atoms with Gasteiger partial charge in [0.05, 0.1) is 38.6 Å². The van der Waals surface area contributed by atoms with Gasteiger partial charge in [-0.15, -0.1) is 0 Å². The second-order valence-corrected chi connectivity index (χ2v) is 28.9. The molecule has 0 saturated carbocycles. The Kier molecular flexibility index (Phi) is 57.5. The number of aliphatic hydroxyl groups excluding tert-OH is 11. The molecule has 12 N–H and O–H groups in total. The van der Waals surface area contributed by atoms with E-state index in [0.29, 0.717) is 6.42 Å². The van der Waals surface area contributed by atoms with E-state index in [0.717, 1.165) is 83.5 Å². The molecule has 17 atom stereocenters. The van der Waals surface area contributed by atoms with Gasteiger partial charge in [0.2, 0.25) is 5.91 Å². The third kappa shape index (κ3) is 42.5. The molecule has 3 heterocycles. The zero-order valence-electron chi connectivity index (χ0n) is 63.3. The molecular formula is C83H147NO18. The topological polar surface area (TPSA) is 307 Å². The molecule has 102 heavy (non-hydrogen) atoms. The van der Waals surface area contributed by atoms with Crippen LogP contribution in [0.4, 0.5) is 0 Å². The maximum atomic E-state index is 13.5. The van der Waals surface area contributed by atoms with E-state index >= 15 is 0 Å². The summed E-state index contributed by atoms with van der Waals surface area (Å²) >= 11 is 0. The molecule has 3 aliphatic rings. The summed E-state index contributed by atoms with van der Waals surface area (Å²) in [6.07, 6.45) is 57.3. The largest absolute Gasteiger partial charge is 0.394 e. The summed E-state index contributed by atoms with van der Waals surface area (Å²) in [7, 11) is 0. The minimum Gasteiger partial charge on any atom is -0.394 e. The molecule has 3 saturated heterocycles. The molecule has 19 heteroatoms. The number of allylic oxidation sites excluding steroid dienone is 13. The fraction of sp³-hybridized carbons (Fsp3) is 0.819. The average molecular weight is 1450 g/mol. The van der Waals surface area contributed by atoms with Gasteiger partial charge in [-0.25, -0.2) is 0 Å². The van der Waals surface area contributed by atoms with Gasteiger partial charge in [0.15, 0.2) is 18.9 Å². The number of carbonyl (C=O) groups excluding carboxylic acids is 1. The normalized spacial score (nSPS) is 26.6. The van der Waals surface area contributed by atoms with Crippen LogP contribution in [-0.4, -0.2) is 193 Å². The van der Waals surface area contributed by atoms with Gasteiger partial charge in [0.1, 0.15) is 73.2 Å². The van der Waals surface area contributed by atoms with Crippen molar-refractivity contribution in [1.82, 2.24) is 5.32 Å². The average Bonchev–Trinajstić information content (AvgIpc) is 0.755. The third-order valence-electron chi connectivity index (χ3n) is 19.9. The fourth-order valence-electron chi connectivity index (χ4n) is 13.4. The Hall–Kier alpha value is -3.03. The second kappa shape index (κ2) is 63.0. The van der Waals surface area contributed by atoms with E-state index in [9.17, 15) is 61.0 Å². The van der Waals surface area contributed by atoms with Crippen LogP contribution in [0.25, 0.3) is 0 Å². The Morgan fingerprint density at radius 3 is 1.06 bits per heavy atom. The van der Waals surface area contributed by atoms with E-state index in [-0.39, 0.29) is 18.9 Å². The summed E-state index contributed by atoms with van der Waals surface area (Å²) in [6.45, 7) is 1.64. The lowest BCUT2D eigenvalue weighted by Gasteiger charge is -2.48. The molecule has 1 amide bonds. The van der Waals surface area contributed by atoms with E-state index in [1.807, 2.05) is 6.08 Å². The summed E-state index contributed by atoms with van der Waals surface area (Å²) in [5, 5.41) is 121. The molecular weight excluding hydrogens is 1300 g/mol. The fourth-order valence-corrected chi connectivity index (χ4v) is 13.4. The smallest absolute Gasteiger partial charge is 0.220 e. The molecule has 3 rings (SSSR count). The zero-order chi connectivity index (χ0) is 73.9. The molecule has 0 aromatic heterocycles. The molecule has 19 nitrogen and oxygen atoms in total. The van der Waals surface area contributed by atoms with Crippen molar-refractivity contribution in [3.05, 3.63) is 85.1 Å². The van der Waals surface area contributed by atoms with Gasteiger partial charge >= 0.3 is 0 Å².